The van der Waals surface area contributed by atoms with Gasteiger partial charge in [0.05, 0.1) is 12.7 Å². The lowest BCUT2D eigenvalue weighted by Gasteiger charge is -2.18. The van der Waals surface area contributed by atoms with Gasteiger partial charge in [0.25, 0.3) is 0 Å². The molecule has 0 radical (unpaired) electrons. The van der Waals surface area contributed by atoms with Gasteiger partial charge in [-0.1, -0.05) is 72.4 Å². The fourth-order valence-corrected chi connectivity index (χ4v) is 4.03. The van der Waals surface area contributed by atoms with Crippen molar-refractivity contribution in [1.82, 2.24) is 4.98 Å². The third-order valence-corrected chi connectivity index (χ3v) is 6.27. The average molecular weight is 594 g/mol. The van der Waals surface area contributed by atoms with E-state index in [9.17, 15) is 4.39 Å². The molecule has 0 saturated carbocycles. The molecule has 1 aromatic heterocycles. The average Bonchev–Trinajstić information content (AvgIpc) is 3.36. The zero-order valence-electron chi connectivity index (χ0n) is 27.4. The van der Waals surface area contributed by atoms with Crippen molar-refractivity contribution in [3.63, 3.8) is 0 Å². The largest absolute Gasteiger partial charge is 0.490 e. The zero-order chi connectivity index (χ0) is 32.9. The molecule has 0 aliphatic carbocycles. The number of nitrogens with two attached hydrogens (primary N) is 2. The molecule has 2 atom stereocenters. The molecule has 0 fully saturated rings. The summed E-state index contributed by atoms with van der Waals surface area (Å²) in [5.41, 5.74) is 18.4. The zero-order valence-corrected chi connectivity index (χ0v) is 27.4. The van der Waals surface area contributed by atoms with Crippen molar-refractivity contribution in [3.8, 4) is 22.8 Å². The van der Waals surface area contributed by atoms with Gasteiger partial charge in [0, 0.05) is 29.2 Å². The smallest absolute Gasteiger partial charge is 0.204 e. The normalized spacial score (nSPS) is 13.0. The highest BCUT2D eigenvalue weighted by Crippen LogP contribution is 2.41. The lowest BCUT2D eigenvalue weighted by atomic mass is 9.99. The van der Waals surface area contributed by atoms with Crippen LogP contribution in [0.3, 0.4) is 0 Å². The summed E-state index contributed by atoms with van der Waals surface area (Å²) in [5, 5.41) is 0. The van der Waals surface area contributed by atoms with Crippen LogP contribution in [0, 0.1) is 12.7 Å². The summed E-state index contributed by atoms with van der Waals surface area (Å²) in [6.45, 7) is 24.4. The number of carbonyl (C=O) groups is 1. The third kappa shape index (κ3) is 13.3. The monoisotopic (exact) mass is 593 g/mol. The van der Waals surface area contributed by atoms with E-state index < -0.39 is 0 Å². The van der Waals surface area contributed by atoms with E-state index in [1.165, 1.54) is 28.8 Å². The molecule has 6 nitrogen and oxygen atoms in total. The van der Waals surface area contributed by atoms with Crippen LogP contribution in [-0.4, -0.2) is 30.6 Å². The molecule has 0 spiro atoms. The van der Waals surface area contributed by atoms with Crippen molar-refractivity contribution in [2.45, 2.75) is 86.2 Å². The highest BCUT2D eigenvalue weighted by molar-refractivity contribution is 5.69. The lowest BCUT2D eigenvalue weighted by molar-refractivity contribution is -0.106. The van der Waals surface area contributed by atoms with Crippen molar-refractivity contribution in [2.75, 3.05) is 13.2 Å². The molecule has 1 aliphatic heterocycles. The van der Waals surface area contributed by atoms with Crippen LogP contribution in [0.4, 0.5) is 4.39 Å². The highest BCUT2D eigenvalue weighted by Gasteiger charge is 2.25. The van der Waals surface area contributed by atoms with Gasteiger partial charge in [0.1, 0.15) is 23.0 Å². The summed E-state index contributed by atoms with van der Waals surface area (Å²) in [4.78, 5) is 13.2. The molecule has 2 aromatic carbocycles. The van der Waals surface area contributed by atoms with E-state index >= 15 is 0 Å². The van der Waals surface area contributed by atoms with Gasteiger partial charge in [-0.2, -0.15) is 0 Å². The molecule has 236 valence electrons. The number of carbonyl (C=O) groups excluding carboxylic acids is 1. The lowest BCUT2D eigenvalue weighted by Crippen LogP contribution is -2.11. The van der Waals surface area contributed by atoms with Crippen LogP contribution >= 0.6 is 0 Å². The van der Waals surface area contributed by atoms with Crippen molar-refractivity contribution in [1.29, 1.82) is 0 Å². The number of aryl methyl sites for hydroxylation is 1. The van der Waals surface area contributed by atoms with E-state index in [0.717, 1.165) is 41.3 Å². The molecule has 2 unspecified atom stereocenters. The number of primary amides is 1. The molecule has 1 aliphatic rings. The molecular formula is C36H52FN3O3. The molecule has 4 N–H and O–H groups in total. The first-order valence-corrected chi connectivity index (χ1v) is 14.9. The number of rotatable bonds is 7. The number of ether oxygens (including phenoxy) is 2. The predicted molar refractivity (Wildman–Crippen MR) is 178 cm³/mol. The minimum absolute atomic E-state index is 0.250. The van der Waals surface area contributed by atoms with Crippen LogP contribution < -0.4 is 20.9 Å². The maximum atomic E-state index is 13.1. The Bertz CT molecular complexity index is 1250. The van der Waals surface area contributed by atoms with Crippen molar-refractivity contribution < 1.29 is 18.7 Å². The first kappa shape index (κ1) is 39.1. The van der Waals surface area contributed by atoms with E-state index in [-0.39, 0.29) is 12.2 Å². The summed E-state index contributed by atoms with van der Waals surface area (Å²) < 4.78 is 24.8. The highest BCUT2D eigenvalue weighted by atomic mass is 19.1. The Hall–Kier alpha value is -3.93. The maximum absolute atomic E-state index is 13.1. The Labute approximate surface area is 259 Å². The topological polar surface area (TPSA) is 100 Å². The van der Waals surface area contributed by atoms with Gasteiger partial charge in [-0.05, 0) is 74.7 Å². The number of nitrogens with zero attached hydrogens (tertiary/aromatic N) is 1. The van der Waals surface area contributed by atoms with E-state index in [4.69, 9.17) is 20.0 Å². The second-order valence-corrected chi connectivity index (χ2v) is 10.1. The standard InChI is InChI=1S/C16H17FN2O.C14H22O.C3H4.C2H6.CH3NO/c1-10-9-20-16-14(10)8-13(6-7-18)19-15(16)11-2-4-12(17)5-3-11;1-6-12(5)15-14-8-7-11(4)9-13(14)10(2)3;1-3-2;1-2;2-1-3/h2-5,8,10H,6-7,9,18H2,1H3;7-10,12H,6H2,1-5H3;1-2H2;1-2H3;1H,(H2,2,3). The molecular weight excluding hydrogens is 541 g/mol. The number of fused-ring (bicyclic) bond motifs is 1. The van der Waals surface area contributed by atoms with Crippen LogP contribution in [0.5, 0.6) is 11.5 Å². The quantitative estimate of drug-likeness (QED) is 0.212. The molecule has 2 heterocycles. The van der Waals surface area contributed by atoms with Crippen LogP contribution in [0.15, 0.2) is 67.4 Å². The van der Waals surface area contributed by atoms with Crippen LogP contribution in [0.2, 0.25) is 0 Å². The minimum Gasteiger partial charge on any atom is -0.490 e. The summed E-state index contributed by atoms with van der Waals surface area (Å²) in [6, 6.07) is 14.9. The Morgan fingerprint density at radius 3 is 2.23 bits per heavy atom. The third-order valence-electron chi connectivity index (χ3n) is 6.27. The number of halogens is 1. The van der Waals surface area contributed by atoms with E-state index in [2.05, 4.69) is 95.4 Å². The van der Waals surface area contributed by atoms with Gasteiger partial charge in [-0.3, -0.25) is 4.79 Å². The minimum atomic E-state index is -0.252. The van der Waals surface area contributed by atoms with Gasteiger partial charge in [-0.15, -0.1) is 5.73 Å². The maximum Gasteiger partial charge on any atom is 0.204 e. The van der Waals surface area contributed by atoms with Crippen LogP contribution in [0.25, 0.3) is 11.3 Å². The molecule has 43 heavy (non-hydrogen) atoms. The Morgan fingerprint density at radius 2 is 1.72 bits per heavy atom. The first-order chi connectivity index (χ1) is 20.6. The van der Waals surface area contributed by atoms with Crippen LogP contribution in [-0.2, 0) is 11.2 Å². The van der Waals surface area contributed by atoms with E-state index in [0.29, 0.717) is 31.1 Å². The Balaban J connectivity index is 0.000000679. The number of pyridine rings is 1. The van der Waals surface area contributed by atoms with Gasteiger partial charge in [-0.25, -0.2) is 9.37 Å². The van der Waals surface area contributed by atoms with Gasteiger partial charge in [0.15, 0.2) is 0 Å². The second-order valence-electron chi connectivity index (χ2n) is 10.1. The van der Waals surface area contributed by atoms with E-state index in [1.807, 2.05) is 13.8 Å². The van der Waals surface area contributed by atoms with Crippen molar-refractivity contribution in [2.24, 2.45) is 11.5 Å². The number of benzene rings is 2. The molecule has 0 saturated heterocycles. The summed E-state index contributed by atoms with van der Waals surface area (Å²) in [7, 11) is 0. The molecule has 3 aromatic rings. The molecule has 4 rings (SSSR count). The number of hydrogen-bond donors (Lipinski definition) is 2. The Kier molecular flexibility index (Phi) is 19.7. The second kappa shape index (κ2) is 21.7. The van der Waals surface area contributed by atoms with E-state index in [1.54, 1.807) is 12.1 Å². The van der Waals surface area contributed by atoms with Gasteiger partial charge < -0.3 is 20.9 Å². The number of amides is 1. The molecule has 7 heteroatoms. The molecule has 1 amide bonds. The first-order valence-electron chi connectivity index (χ1n) is 14.9. The van der Waals surface area contributed by atoms with Gasteiger partial charge in [0.2, 0.25) is 6.41 Å². The summed E-state index contributed by atoms with van der Waals surface area (Å²) in [5.74, 6) is 2.49. The molecule has 0 bridgehead atoms. The summed E-state index contributed by atoms with van der Waals surface area (Å²) in [6.07, 6.45) is 2.32. The van der Waals surface area contributed by atoms with Crippen molar-refractivity contribution >= 4 is 6.41 Å². The van der Waals surface area contributed by atoms with Crippen molar-refractivity contribution in [3.05, 3.63) is 95.6 Å². The predicted octanol–water partition coefficient (Wildman–Crippen LogP) is 8.27. The van der Waals surface area contributed by atoms with Gasteiger partial charge >= 0.3 is 0 Å². The fourth-order valence-electron chi connectivity index (χ4n) is 4.03. The fraction of sp³-hybridized carbons (Fsp3) is 0.417. The number of hydrogen-bond acceptors (Lipinski definition) is 5. The number of aromatic nitrogens is 1. The Morgan fingerprint density at radius 1 is 1.14 bits per heavy atom. The summed E-state index contributed by atoms with van der Waals surface area (Å²) >= 11 is 0. The van der Waals surface area contributed by atoms with Crippen LogP contribution in [0.1, 0.15) is 89.1 Å². The SMILES string of the molecule is C=C=C.CC.CC1COc2c1cc(CCN)nc2-c1ccc(F)cc1.CCC(C)Oc1ccc(C)cc1C(C)C.NC=O.